The van der Waals surface area contributed by atoms with Gasteiger partial charge in [0.1, 0.15) is 6.10 Å². The van der Waals surface area contributed by atoms with Gasteiger partial charge in [0.15, 0.2) is 0 Å². The number of esters is 1. The van der Waals surface area contributed by atoms with Gasteiger partial charge in [-0.2, -0.15) is 0 Å². The van der Waals surface area contributed by atoms with Gasteiger partial charge in [0, 0.05) is 5.57 Å². The zero-order valence-corrected chi connectivity index (χ0v) is 10.1. The fourth-order valence-electron chi connectivity index (χ4n) is 1.38. The van der Waals surface area contributed by atoms with Gasteiger partial charge in [-0.1, -0.05) is 26.5 Å². The highest BCUT2D eigenvalue weighted by Gasteiger charge is 2.15. The molecule has 0 fully saturated rings. The first-order valence-corrected chi connectivity index (χ1v) is 5.48. The van der Waals surface area contributed by atoms with E-state index in [1.165, 1.54) is 0 Å². The maximum absolute atomic E-state index is 11.3. The molecule has 0 radical (unpaired) electrons. The molecule has 0 aliphatic rings. The maximum Gasteiger partial charge on any atom is 0.333 e. The largest absolute Gasteiger partial charge is 0.459 e. The van der Waals surface area contributed by atoms with Crippen molar-refractivity contribution in [1.82, 2.24) is 0 Å². The number of carbonyl (C=O) groups is 1. The summed E-state index contributed by atoms with van der Waals surface area (Å²) in [5.41, 5.74) is 0.463. The number of ether oxygens (including phenoxy) is 1. The van der Waals surface area contributed by atoms with Crippen LogP contribution in [0.2, 0.25) is 0 Å². The molecule has 0 saturated heterocycles. The molecule has 0 rings (SSSR count). The van der Waals surface area contributed by atoms with Gasteiger partial charge in [-0.3, -0.25) is 0 Å². The molecule has 0 amide bonds. The minimum Gasteiger partial charge on any atom is -0.459 e. The van der Waals surface area contributed by atoms with Crippen LogP contribution >= 0.6 is 0 Å². The SMILES string of the molecule is C=CCC(C)CC(CC)OC(=O)C(=C)C. The lowest BCUT2D eigenvalue weighted by Crippen LogP contribution is -2.20. The first-order valence-electron chi connectivity index (χ1n) is 5.48. The summed E-state index contributed by atoms with van der Waals surface area (Å²) >= 11 is 0. The van der Waals surface area contributed by atoms with Gasteiger partial charge >= 0.3 is 5.97 Å². The van der Waals surface area contributed by atoms with Crippen molar-refractivity contribution in [3.05, 3.63) is 24.8 Å². The van der Waals surface area contributed by atoms with Gasteiger partial charge < -0.3 is 4.74 Å². The first-order chi connectivity index (χ1) is 7.01. The van der Waals surface area contributed by atoms with E-state index < -0.39 is 0 Å². The van der Waals surface area contributed by atoms with Crippen molar-refractivity contribution in [2.45, 2.75) is 46.1 Å². The highest BCUT2D eigenvalue weighted by molar-refractivity contribution is 5.87. The molecule has 2 atom stereocenters. The predicted octanol–water partition coefficient (Wildman–Crippen LogP) is 3.49. The summed E-state index contributed by atoms with van der Waals surface area (Å²) in [5.74, 6) is 0.220. The van der Waals surface area contributed by atoms with Gasteiger partial charge in [-0.15, -0.1) is 6.58 Å². The smallest absolute Gasteiger partial charge is 0.333 e. The van der Waals surface area contributed by atoms with Crippen molar-refractivity contribution in [2.24, 2.45) is 5.92 Å². The van der Waals surface area contributed by atoms with Crippen LogP contribution in [0.4, 0.5) is 0 Å². The van der Waals surface area contributed by atoms with Crippen LogP contribution in [0.5, 0.6) is 0 Å². The van der Waals surface area contributed by atoms with Crippen LogP contribution in [-0.4, -0.2) is 12.1 Å². The summed E-state index contributed by atoms with van der Waals surface area (Å²) in [6.07, 6.45) is 4.60. The van der Waals surface area contributed by atoms with Crippen molar-refractivity contribution in [2.75, 3.05) is 0 Å². The molecule has 0 N–H and O–H groups in total. The Balaban J connectivity index is 4.07. The van der Waals surface area contributed by atoms with E-state index in [4.69, 9.17) is 4.74 Å². The lowest BCUT2D eigenvalue weighted by atomic mass is 9.99. The van der Waals surface area contributed by atoms with Gasteiger partial charge in [-0.25, -0.2) is 4.79 Å². The summed E-state index contributed by atoms with van der Waals surface area (Å²) in [5, 5.41) is 0. The average molecular weight is 210 g/mol. The molecule has 0 aliphatic heterocycles. The molecule has 0 aromatic rings. The third-order valence-electron chi connectivity index (χ3n) is 2.31. The van der Waals surface area contributed by atoms with Crippen molar-refractivity contribution < 1.29 is 9.53 Å². The van der Waals surface area contributed by atoms with E-state index in [1.54, 1.807) is 6.92 Å². The molecule has 0 bridgehead atoms. The Morgan fingerprint density at radius 3 is 2.53 bits per heavy atom. The molecule has 86 valence electrons. The van der Waals surface area contributed by atoms with Gasteiger partial charge in [0.05, 0.1) is 0 Å². The third kappa shape index (κ3) is 6.10. The zero-order valence-electron chi connectivity index (χ0n) is 10.1. The van der Waals surface area contributed by atoms with Crippen LogP contribution in [0.1, 0.15) is 40.0 Å². The normalized spacial score (nSPS) is 14.1. The van der Waals surface area contributed by atoms with Crippen molar-refractivity contribution in [3.63, 3.8) is 0 Å². The summed E-state index contributed by atoms with van der Waals surface area (Å²) in [6.45, 7) is 13.1. The second kappa shape index (κ2) is 7.27. The summed E-state index contributed by atoms with van der Waals surface area (Å²) in [4.78, 5) is 11.3. The van der Waals surface area contributed by atoms with Crippen molar-refractivity contribution >= 4 is 5.97 Å². The van der Waals surface area contributed by atoms with Crippen LogP contribution in [0, 0.1) is 5.92 Å². The number of rotatable bonds is 7. The first kappa shape index (κ1) is 13.9. The molecule has 0 aromatic heterocycles. The van der Waals surface area contributed by atoms with Crippen LogP contribution in [-0.2, 0) is 9.53 Å². The molecular formula is C13H22O2. The lowest BCUT2D eigenvalue weighted by Gasteiger charge is -2.19. The van der Waals surface area contributed by atoms with Crippen LogP contribution in [0.15, 0.2) is 24.8 Å². The van der Waals surface area contributed by atoms with E-state index in [-0.39, 0.29) is 12.1 Å². The second-order valence-electron chi connectivity index (χ2n) is 4.08. The molecule has 15 heavy (non-hydrogen) atoms. The average Bonchev–Trinajstić information content (AvgIpc) is 2.16. The molecule has 0 saturated carbocycles. The highest BCUT2D eigenvalue weighted by atomic mass is 16.5. The lowest BCUT2D eigenvalue weighted by molar-refractivity contribution is -0.145. The zero-order chi connectivity index (χ0) is 11.8. The Morgan fingerprint density at radius 1 is 1.53 bits per heavy atom. The predicted molar refractivity (Wildman–Crippen MR) is 63.6 cm³/mol. The molecular weight excluding hydrogens is 188 g/mol. The Morgan fingerprint density at radius 2 is 2.13 bits per heavy atom. The van der Waals surface area contributed by atoms with Crippen LogP contribution in [0.25, 0.3) is 0 Å². The Bertz CT molecular complexity index is 231. The van der Waals surface area contributed by atoms with Crippen LogP contribution < -0.4 is 0 Å². The molecule has 2 nitrogen and oxygen atoms in total. The third-order valence-corrected chi connectivity index (χ3v) is 2.31. The second-order valence-corrected chi connectivity index (χ2v) is 4.08. The fraction of sp³-hybridized carbons (Fsp3) is 0.615. The van der Waals surface area contributed by atoms with Crippen LogP contribution in [0.3, 0.4) is 0 Å². The Hall–Kier alpha value is -1.05. The number of hydrogen-bond donors (Lipinski definition) is 0. The van der Waals surface area contributed by atoms with E-state index >= 15 is 0 Å². The quantitative estimate of drug-likeness (QED) is 0.365. The van der Waals surface area contributed by atoms with E-state index in [0.717, 1.165) is 19.3 Å². The highest BCUT2D eigenvalue weighted by Crippen LogP contribution is 2.16. The number of allylic oxidation sites excluding steroid dienone is 1. The summed E-state index contributed by atoms with van der Waals surface area (Å²) in [6, 6.07) is 0. The molecule has 2 heteroatoms. The Labute approximate surface area is 93.0 Å². The number of hydrogen-bond acceptors (Lipinski definition) is 2. The topological polar surface area (TPSA) is 26.3 Å². The van der Waals surface area contributed by atoms with Gasteiger partial charge in [0.2, 0.25) is 0 Å². The molecule has 0 aliphatic carbocycles. The maximum atomic E-state index is 11.3. The minimum atomic E-state index is -0.285. The van der Waals surface area contributed by atoms with E-state index in [1.807, 2.05) is 13.0 Å². The van der Waals surface area contributed by atoms with Gasteiger partial charge in [0.25, 0.3) is 0 Å². The molecule has 0 heterocycles. The standard InChI is InChI=1S/C13H22O2/c1-6-8-11(5)9-12(7-2)15-13(14)10(3)4/h6,11-12H,1,3,7-9H2,2,4-5H3. The van der Waals surface area contributed by atoms with Crippen molar-refractivity contribution in [3.8, 4) is 0 Å². The van der Waals surface area contributed by atoms with E-state index in [0.29, 0.717) is 11.5 Å². The minimum absolute atomic E-state index is 0.00384. The summed E-state index contributed by atoms with van der Waals surface area (Å²) < 4.78 is 5.31. The number of carbonyl (C=O) groups excluding carboxylic acids is 1. The van der Waals surface area contributed by atoms with Gasteiger partial charge in [-0.05, 0) is 32.1 Å². The Kier molecular flexibility index (Phi) is 6.76. The van der Waals surface area contributed by atoms with Crippen molar-refractivity contribution in [1.29, 1.82) is 0 Å². The van der Waals surface area contributed by atoms with E-state index in [2.05, 4.69) is 20.1 Å². The molecule has 0 spiro atoms. The fourth-order valence-corrected chi connectivity index (χ4v) is 1.38. The molecule has 0 aromatic carbocycles. The van der Waals surface area contributed by atoms with E-state index in [9.17, 15) is 4.79 Å². The molecule has 2 unspecified atom stereocenters. The monoisotopic (exact) mass is 210 g/mol. The summed E-state index contributed by atoms with van der Waals surface area (Å²) in [7, 11) is 0.